The van der Waals surface area contributed by atoms with Crippen LogP contribution in [0.5, 0.6) is 0 Å². The van der Waals surface area contributed by atoms with Crippen molar-refractivity contribution in [3.05, 3.63) is 23.5 Å². The van der Waals surface area contributed by atoms with Crippen molar-refractivity contribution in [2.45, 2.75) is 40.5 Å². The van der Waals surface area contributed by atoms with Crippen molar-refractivity contribution in [3.8, 4) is 0 Å². The second kappa shape index (κ2) is 5.87. The van der Waals surface area contributed by atoms with Gasteiger partial charge in [0.15, 0.2) is 0 Å². The predicted molar refractivity (Wildman–Crippen MR) is 54.2 cm³/mol. The Kier molecular flexibility index (Phi) is 5.52. The molecule has 1 heteroatoms. The first-order chi connectivity index (χ1) is 5.61. The summed E-state index contributed by atoms with van der Waals surface area (Å²) in [6, 6.07) is 0. The average Bonchev–Trinajstić information content (AvgIpc) is 2.04. The van der Waals surface area contributed by atoms with Crippen molar-refractivity contribution in [2.24, 2.45) is 5.92 Å². The van der Waals surface area contributed by atoms with Crippen LogP contribution in [0, 0.1) is 5.92 Å². The van der Waals surface area contributed by atoms with E-state index >= 15 is 0 Å². The van der Waals surface area contributed by atoms with Crippen molar-refractivity contribution in [3.63, 3.8) is 0 Å². The number of allylic oxidation sites excluding steroid dienone is 4. The minimum absolute atomic E-state index is 0.379. The zero-order valence-corrected chi connectivity index (χ0v) is 8.59. The quantitative estimate of drug-likeness (QED) is 0.499. The van der Waals surface area contributed by atoms with Crippen LogP contribution >= 0.6 is 0 Å². The molecule has 0 heterocycles. The van der Waals surface area contributed by atoms with Crippen LogP contribution < -0.4 is 0 Å². The highest BCUT2D eigenvalue weighted by Crippen LogP contribution is 2.17. The third kappa shape index (κ3) is 4.22. The number of rotatable bonds is 4. The second-order valence-electron chi connectivity index (χ2n) is 3.21. The van der Waals surface area contributed by atoms with Gasteiger partial charge in [-0.05, 0) is 31.8 Å². The molecule has 1 N–H and O–H groups in total. The smallest absolute Gasteiger partial charge is 0.0891 e. The third-order valence-corrected chi connectivity index (χ3v) is 2.19. The summed E-state index contributed by atoms with van der Waals surface area (Å²) in [6.45, 7) is 8.25. The van der Waals surface area contributed by atoms with E-state index in [2.05, 4.69) is 20.8 Å². The number of hydrogen-bond donors (Lipinski definition) is 1. The lowest BCUT2D eigenvalue weighted by Crippen LogP contribution is -1.95. The first kappa shape index (κ1) is 11.3. The lowest BCUT2D eigenvalue weighted by atomic mass is 9.96. The Morgan fingerprint density at radius 3 is 2.25 bits per heavy atom. The van der Waals surface area contributed by atoms with Crippen molar-refractivity contribution >= 4 is 0 Å². The molecule has 0 saturated heterocycles. The highest BCUT2D eigenvalue weighted by molar-refractivity contribution is 5.15. The molecule has 0 aromatic heterocycles. The maximum atomic E-state index is 8.97. The predicted octanol–water partition coefficient (Wildman–Crippen LogP) is 3.83. The van der Waals surface area contributed by atoms with Gasteiger partial charge >= 0.3 is 0 Å². The minimum atomic E-state index is 0.379. The first-order valence-corrected chi connectivity index (χ1v) is 4.68. The monoisotopic (exact) mass is 168 g/mol. The summed E-state index contributed by atoms with van der Waals surface area (Å²) in [5, 5.41) is 8.97. The molecule has 0 saturated carbocycles. The molecule has 0 aliphatic heterocycles. The summed E-state index contributed by atoms with van der Waals surface area (Å²) >= 11 is 0. The molecule has 12 heavy (non-hydrogen) atoms. The fourth-order valence-corrected chi connectivity index (χ4v) is 1.12. The normalized spacial score (nSPS) is 16.3. The second-order valence-corrected chi connectivity index (χ2v) is 3.21. The Labute approximate surface area is 75.8 Å². The number of aliphatic hydroxyl groups excluding tert-OH is 1. The topological polar surface area (TPSA) is 20.2 Å². The van der Waals surface area contributed by atoms with Gasteiger partial charge < -0.3 is 5.11 Å². The molecule has 0 amide bonds. The molecule has 1 unspecified atom stereocenters. The number of hydrogen-bond acceptors (Lipinski definition) is 1. The van der Waals surface area contributed by atoms with Crippen molar-refractivity contribution in [2.75, 3.05) is 0 Å². The van der Waals surface area contributed by atoms with E-state index < -0.39 is 0 Å². The van der Waals surface area contributed by atoms with Gasteiger partial charge in [0.05, 0.1) is 5.76 Å². The molecule has 0 spiro atoms. The Bertz CT molecular complexity index is 173. The molecular formula is C11H20O. The highest BCUT2D eigenvalue weighted by atomic mass is 16.3. The van der Waals surface area contributed by atoms with Crippen LogP contribution in [-0.2, 0) is 0 Å². The van der Waals surface area contributed by atoms with Gasteiger partial charge in [0, 0.05) is 0 Å². The molecular weight excluding hydrogens is 148 g/mol. The van der Waals surface area contributed by atoms with Crippen molar-refractivity contribution < 1.29 is 5.11 Å². The van der Waals surface area contributed by atoms with E-state index in [1.54, 1.807) is 13.0 Å². The Morgan fingerprint density at radius 1 is 1.33 bits per heavy atom. The summed E-state index contributed by atoms with van der Waals surface area (Å²) in [4.78, 5) is 0. The van der Waals surface area contributed by atoms with Crippen LogP contribution in [0.2, 0.25) is 0 Å². The maximum Gasteiger partial charge on any atom is 0.0891 e. The molecule has 0 radical (unpaired) electrons. The van der Waals surface area contributed by atoms with Crippen LogP contribution in [0.1, 0.15) is 40.5 Å². The molecule has 1 atom stereocenters. The fourth-order valence-electron chi connectivity index (χ4n) is 1.12. The zero-order valence-electron chi connectivity index (χ0n) is 8.59. The molecule has 0 aromatic carbocycles. The summed E-state index contributed by atoms with van der Waals surface area (Å²) in [5.74, 6) is 1.01. The van der Waals surface area contributed by atoms with Crippen LogP contribution in [0.15, 0.2) is 23.5 Å². The van der Waals surface area contributed by atoms with E-state index in [1.807, 2.05) is 6.08 Å². The van der Waals surface area contributed by atoms with Gasteiger partial charge in [0.1, 0.15) is 0 Å². The molecule has 0 aromatic rings. The van der Waals surface area contributed by atoms with Crippen molar-refractivity contribution in [1.82, 2.24) is 0 Å². The first-order valence-electron chi connectivity index (χ1n) is 4.68. The zero-order chi connectivity index (χ0) is 9.56. The molecule has 0 bridgehead atoms. The largest absolute Gasteiger partial charge is 0.513 e. The molecule has 0 aliphatic rings. The average molecular weight is 168 g/mol. The van der Waals surface area contributed by atoms with Crippen LogP contribution in [0.4, 0.5) is 0 Å². The SMILES string of the molecule is CC/C(=C\C=C(/C)O)C(C)CC. The van der Waals surface area contributed by atoms with Crippen LogP contribution in [-0.4, -0.2) is 5.11 Å². The summed E-state index contributed by atoms with van der Waals surface area (Å²) in [7, 11) is 0. The summed E-state index contributed by atoms with van der Waals surface area (Å²) in [5.41, 5.74) is 1.41. The van der Waals surface area contributed by atoms with Gasteiger partial charge in [-0.3, -0.25) is 0 Å². The van der Waals surface area contributed by atoms with E-state index in [0.29, 0.717) is 11.7 Å². The maximum absolute atomic E-state index is 8.97. The van der Waals surface area contributed by atoms with E-state index in [1.165, 1.54) is 5.57 Å². The Hall–Kier alpha value is -0.720. The minimum Gasteiger partial charge on any atom is -0.513 e. The lowest BCUT2D eigenvalue weighted by Gasteiger charge is -2.10. The van der Waals surface area contributed by atoms with Gasteiger partial charge in [-0.2, -0.15) is 0 Å². The third-order valence-electron chi connectivity index (χ3n) is 2.19. The Balaban J connectivity index is 4.33. The molecule has 0 aliphatic carbocycles. The standard InChI is InChI=1S/C11H20O/c1-5-9(3)11(6-2)8-7-10(4)12/h7-9,12H,5-6H2,1-4H3/b10-7+,11-8+. The van der Waals surface area contributed by atoms with Gasteiger partial charge in [-0.1, -0.05) is 32.4 Å². The molecule has 0 rings (SSSR count). The van der Waals surface area contributed by atoms with Gasteiger partial charge in [0.25, 0.3) is 0 Å². The van der Waals surface area contributed by atoms with Gasteiger partial charge in [0.2, 0.25) is 0 Å². The fraction of sp³-hybridized carbons (Fsp3) is 0.636. The lowest BCUT2D eigenvalue weighted by molar-refractivity contribution is 0.414. The number of aliphatic hydroxyl groups is 1. The molecule has 0 fully saturated rings. The molecule has 1 nitrogen and oxygen atoms in total. The van der Waals surface area contributed by atoms with Gasteiger partial charge in [-0.15, -0.1) is 0 Å². The Morgan fingerprint density at radius 2 is 1.92 bits per heavy atom. The van der Waals surface area contributed by atoms with Crippen LogP contribution in [0.25, 0.3) is 0 Å². The van der Waals surface area contributed by atoms with Gasteiger partial charge in [-0.25, -0.2) is 0 Å². The van der Waals surface area contributed by atoms with E-state index in [-0.39, 0.29) is 0 Å². The summed E-state index contributed by atoms with van der Waals surface area (Å²) in [6.07, 6.45) is 6.03. The van der Waals surface area contributed by atoms with Crippen molar-refractivity contribution in [1.29, 1.82) is 0 Å². The highest BCUT2D eigenvalue weighted by Gasteiger charge is 2.02. The summed E-state index contributed by atoms with van der Waals surface area (Å²) < 4.78 is 0. The van der Waals surface area contributed by atoms with E-state index in [4.69, 9.17) is 5.11 Å². The van der Waals surface area contributed by atoms with Crippen LogP contribution in [0.3, 0.4) is 0 Å². The molecule has 70 valence electrons. The van der Waals surface area contributed by atoms with E-state index in [0.717, 1.165) is 12.8 Å². The van der Waals surface area contributed by atoms with E-state index in [9.17, 15) is 0 Å².